The molecule has 230 valence electrons. The fourth-order valence-corrected chi connectivity index (χ4v) is 7.00. The molecule has 0 saturated carbocycles. The molecule has 2 bridgehead atoms. The van der Waals surface area contributed by atoms with Gasteiger partial charge < -0.3 is 30.4 Å². The molecule has 2 fully saturated rings. The summed E-state index contributed by atoms with van der Waals surface area (Å²) < 4.78 is 82.4. The summed E-state index contributed by atoms with van der Waals surface area (Å²) in [5.41, 5.74) is 4.02. The van der Waals surface area contributed by atoms with Gasteiger partial charge >= 0.3 is 6.36 Å². The van der Waals surface area contributed by atoms with Crippen molar-refractivity contribution in [3.8, 4) is 34.1 Å². The van der Waals surface area contributed by atoms with E-state index in [9.17, 15) is 22.4 Å². The predicted molar refractivity (Wildman–Crippen MR) is 153 cm³/mol. The first-order valence-electron chi connectivity index (χ1n) is 14.0. The molecule has 3 aliphatic rings. The first kappa shape index (κ1) is 28.3. The van der Waals surface area contributed by atoms with Crippen LogP contribution >= 0.6 is 0 Å². The number of aromatic amines is 1. The molecule has 6 heterocycles. The second kappa shape index (κ2) is 9.52. The lowest BCUT2D eigenvalue weighted by Crippen LogP contribution is -2.66. The molecule has 3 aromatic heterocycles. The Morgan fingerprint density at radius 3 is 2.66 bits per heavy atom. The minimum absolute atomic E-state index is 0.0149. The molecule has 14 heteroatoms. The number of nitrogen functional groups attached to an aromatic ring is 1. The van der Waals surface area contributed by atoms with Gasteiger partial charge in [0.05, 0.1) is 28.2 Å². The van der Waals surface area contributed by atoms with Gasteiger partial charge in [-0.1, -0.05) is 0 Å². The molecule has 0 aliphatic carbocycles. The molecule has 1 aromatic carbocycles. The molecular weight excluding hydrogens is 587 g/mol. The standard InChI is InChI=1S/C30H27F5N6O3/c1-12-19-20-26(38-22(12)15-5-4-8-37-27(15)42)41-11-29(3)7-6-18(40-29)24(41)13(2)43-28(20)39-23(21(19)32)16-9-14(36)10-17(31)25(16)44-30(33,34)35/h4-5,8-10,13,18,24,40H,6-7,11,36H2,1-3H3,(H,37,42)/t13-,18-,24+,29+/m0/s1. The fraction of sp³-hybridized carbons (Fsp3) is 0.367. The van der Waals surface area contributed by atoms with Gasteiger partial charge in [-0.3, -0.25) is 4.79 Å². The van der Waals surface area contributed by atoms with Gasteiger partial charge in [-0.25, -0.2) is 18.7 Å². The Balaban J connectivity index is 1.59. The average Bonchev–Trinajstić information content (AvgIpc) is 3.19. The number of H-pyrrole nitrogens is 1. The summed E-state index contributed by atoms with van der Waals surface area (Å²) in [6.45, 7) is 5.96. The van der Waals surface area contributed by atoms with Crippen molar-refractivity contribution in [2.24, 2.45) is 0 Å². The Bertz CT molecular complexity index is 1910. The number of pyridine rings is 3. The first-order chi connectivity index (χ1) is 20.7. The van der Waals surface area contributed by atoms with E-state index in [0.717, 1.165) is 18.9 Å². The van der Waals surface area contributed by atoms with Gasteiger partial charge in [-0.2, -0.15) is 0 Å². The van der Waals surface area contributed by atoms with Crippen LogP contribution in [0.25, 0.3) is 33.3 Å². The Morgan fingerprint density at radius 1 is 1.16 bits per heavy atom. The Kier molecular flexibility index (Phi) is 6.13. The maximum atomic E-state index is 16.9. The molecule has 2 saturated heterocycles. The van der Waals surface area contributed by atoms with Crippen LogP contribution in [0.5, 0.6) is 11.6 Å². The van der Waals surface area contributed by atoms with E-state index in [-0.39, 0.29) is 56.8 Å². The van der Waals surface area contributed by atoms with Gasteiger partial charge in [0.25, 0.3) is 5.56 Å². The van der Waals surface area contributed by atoms with Crippen LogP contribution in [0, 0.1) is 18.6 Å². The minimum Gasteiger partial charge on any atom is -0.472 e. The zero-order valence-corrected chi connectivity index (χ0v) is 23.8. The third-order valence-corrected chi connectivity index (χ3v) is 8.77. The van der Waals surface area contributed by atoms with Crippen LogP contribution in [-0.2, 0) is 0 Å². The highest BCUT2D eigenvalue weighted by Crippen LogP contribution is 2.49. The summed E-state index contributed by atoms with van der Waals surface area (Å²) in [7, 11) is 0. The minimum atomic E-state index is -5.30. The number of halogens is 5. The van der Waals surface area contributed by atoms with Crippen LogP contribution in [-0.4, -0.2) is 51.6 Å². The van der Waals surface area contributed by atoms with Crippen molar-refractivity contribution >= 4 is 22.3 Å². The zero-order chi connectivity index (χ0) is 31.3. The van der Waals surface area contributed by atoms with E-state index in [0.29, 0.717) is 18.4 Å². The molecule has 0 unspecified atom stereocenters. The molecule has 4 N–H and O–H groups in total. The van der Waals surface area contributed by atoms with Crippen LogP contribution in [0.2, 0.25) is 0 Å². The molecule has 4 atom stereocenters. The van der Waals surface area contributed by atoms with Crippen molar-refractivity contribution in [1.29, 1.82) is 0 Å². The van der Waals surface area contributed by atoms with Crippen molar-refractivity contribution in [2.45, 2.75) is 63.7 Å². The molecule has 44 heavy (non-hydrogen) atoms. The molecule has 4 aromatic rings. The van der Waals surface area contributed by atoms with E-state index in [2.05, 4.69) is 31.8 Å². The number of ether oxygens (including phenoxy) is 2. The number of aromatic nitrogens is 3. The second-order valence-corrected chi connectivity index (χ2v) is 11.9. The molecule has 7 rings (SSSR count). The zero-order valence-electron chi connectivity index (χ0n) is 23.8. The summed E-state index contributed by atoms with van der Waals surface area (Å²) in [4.78, 5) is 26.9. The quantitative estimate of drug-likeness (QED) is 0.213. The van der Waals surface area contributed by atoms with Crippen LogP contribution in [0.1, 0.15) is 32.3 Å². The van der Waals surface area contributed by atoms with E-state index in [1.54, 1.807) is 19.1 Å². The summed E-state index contributed by atoms with van der Waals surface area (Å²) in [5.74, 6) is -3.58. The van der Waals surface area contributed by atoms with E-state index >= 15 is 4.39 Å². The largest absolute Gasteiger partial charge is 0.573 e. The summed E-state index contributed by atoms with van der Waals surface area (Å²) in [6.07, 6.45) is -2.65. The number of alkyl halides is 3. The van der Waals surface area contributed by atoms with Gasteiger partial charge in [-0.15, -0.1) is 13.2 Å². The van der Waals surface area contributed by atoms with Crippen molar-refractivity contribution in [3.05, 3.63) is 58.0 Å². The van der Waals surface area contributed by atoms with E-state index in [1.165, 1.54) is 6.20 Å². The number of hydrogen-bond acceptors (Lipinski definition) is 8. The van der Waals surface area contributed by atoms with Gasteiger partial charge in [0.2, 0.25) is 5.88 Å². The normalized spacial score (nSPS) is 24.2. The van der Waals surface area contributed by atoms with Crippen LogP contribution < -0.4 is 31.0 Å². The first-order valence-corrected chi connectivity index (χ1v) is 14.0. The molecule has 3 aliphatic heterocycles. The van der Waals surface area contributed by atoms with Gasteiger partial charge in [-0.05, 0) is 57.4 Å². The third-order valence-electron chi connectivity index (χ3n) is 8.77. The van der Waals surface area contributed by atoms with E-state index < -0.39 is 46.7 Å². The SMILES string of the molecule is Cc1c(-c2ccc[nH]c2=O)nc2c3c(nc(-c4cc(N)cc(F)c4OC(F)(F)F)c(F)c13)O[C@@H](C)[C@@H]1[C@@H]3CC[C@](C)(CN21)N3. The van der Waals surface area contributed by atoms with E-state index in [1.807, 2.05) is 6.92 Å². The number of anilines is 2. The smallest absolute Gasteiger partial charge is 0.472 e. The van der Waals surface area contributed by atoms with Gasteiger partial charge in [0.1, 0.15) is 17.6 Å². The maximum Gasteiger partial charge on any atom is 0.573 e. The number of fused-ring (bicyclic) bond motifs is 5. The highest BCUT2D eigenvalue weighted by molar-refractivity contribution is 6.04. The van der Waals surface area contributed by atoms with Crippen LogP contribution in [0.15, 0.2) is 35.3 Å². The number of nitrogens with two attached hydrogens (primary N) is 1. The molecule has 0 radical (unpaired) electrons. The third kappa shape index (κ3) is 4.33. The van der Waals surface area contributed by atoms with Crippen molar-refractivity contribution < 1.29 is 31.4 Å². The lowest BCUT2D eigenvalue weighted by molar-refractivity contribution is -0.275. The van der Waals surface area contributed by atoms with Crippen LogP contribution in [0.4, 0.5) is 33.5 Å². The van der Waals surface area contributed by atoms with Gasteiger partial charge in [0, 0.05) is 41.5 Å². The predicted octanol–water partition coefficient (Wildman–Crippen LogP) is 5.20. The van der Waals surface area contributed by atoms with Crippen molar-refractivity contribution in [1.82, 2.24) is 20.3 Å². The number of nitrogens with one attached hydrogen (secondary N) is 2. The molecule has 0 spiro atoms. The lowest BCUT2D eigenvalue weighted by atomic mass is 9.95. The monoisotopic (exact) mass is 614 g/mol. The highest BCUT2D eigenvalue weighted by Gasteiger charge is 2.51. The summed E-state index contributed by atoms with van der Waals surface area (Å²) in [5, 5.41) is 3.77. The topological polar surface area (TPSA) is 118 Å². The number of aryl methyl sites for hydroxylation is 1. The Morgan fingerprint density at radius 2 is 1.93 bits per heavy atom. The van der Waals surface area contributed by atoms with Gasteiger partial charge in [0.15, 0.2) is 17.4 Å². The fourth-order valence-electron chi connectivity index (χ4n) is 7.00. The Labute approximate surface area is 247 Å². The number of piperazine rings is 1. The maximum absolute atomic E-state index is 16.9. The molecule has 0 amide bonds. The number of nitrogens with zero attached hydrogens (tertiary/aromatic N) is 3. The van der Waals surface area contributed by atoms with Crippen LogP contribution in [0.3, 0.4) is 0 Å². The molecular formula is C30H27F5N6O3. The lowest BCUT2D eigenvalue weighted by Gasteiger charge is -2.46. The number of hydrogen-bond donors (Lipinski definition) is 3. The number of benzene rings is 1. The van der Waals surface area contributed by atoms with E-state index in [4.69, 9.17) is 15.5 Å². The highest BCUT2D eigenvalue weighted by atomic mass is 19.4. The summed E-state index contributed by atoms with van der Waals surface area (Å²) in [6, 6.07) is 4.47. The van der Waals surface area contributed by atoms with Crippen molar-refractivity contribution in [3.63, 3.8) is 0 Å². The average molecular weight is 615 g/mol. The molecule has 9 nitrogen and oxygen atoms in total. The Hall–Kier alpha value is -4.46. The number of rotatable bonds is 3. The second-order valence-electron chi connectivity index (χ2n) is 11.9. The van der Waals surface area contributed by atoms with Crippen molar-refractivity contribution in [2.75, 3.05) is 17.2 Å². The summed E-state index contributed by atoms with van der Waals surface area (Å²) >= 11 is 0.